The molecule has 0 aromatic rings. The smallest absolute Gasteiger partial charge is 0.106 e. The summed E-state index contributed by atoms with van der Waals surface area (Å²) in [6, 6.07) is 0. The van der Waals surface area contributed by atoms with E-state index in [2.05, 4.69) is 27.7 Å². The minimum Gasteiger partial charge on any atom is -0.378 e. The van der Waals surface area contributed by atoms with Gasteiger partial charge in [-0.3, -0.25) is 0 Å². The van der Waals surface area contributed by atoms with Crippen molar-refractivity contribution in [1.29, 1.82) is 0 Å². The van der Waals surface area contributed by atoms with Gasteiger partial charge in [0.2, 0.25) is 0 Å². The molecule has 1 aliphatic heterocycles. The second kappa shape index (κ2) is 5.99. The Morgan fingerprint density at radius 1 is 1.44 bits per heavy atom. The molecule has 16 heavy (non-hydrogen) atoms. The number of rotatable bonds is 6. The highest BCUT2D eigenvalue weighted by molar-refractivity contribution is 4.83. The molecule has 2 N–H and O–H groups in total. The minimum atomic E-state index is -0.165. The van der Waals surface area contributed by atoms with Crippen molar-refractivity contribution >= 4 is 0 Å². The van der Waals surface area contributed by atoms with Gasteiger partial charge in [0.1, 0.15) is 6.23 Å². The van der Waals surface area contributed by atoms with Crippen LogP contribution in [0.5, 0.6) is 0 Å². The van der Waals surface area contributed by atoms with E-state index in [1.165, 1.54) is 6.42 Å². The summed E-state index contributed by atoms with van der Waals surface area (Å²) >= 11 is 0. The summed E-state index contributed by atoms with van der Waals surface area (Å²) in [7, 11) is 0. The highest BCUT2D eigenvalue weighted by Crippen LogP contribution is 2.34. The second-order valence-electron chi connectivity index (χ2n) is 5.96. The van der Waals surface area contributed by atoms with Crippen molar-refractivity contribution in [3.63, 3.8) is 0 Å². The molecule has 1 rings (SSSR count). The third-order valence-electron chi connectivity index (χ3n) is 3.17. The van der Waals surface area contributed by atoms with Gasteiger partial charge in [0.25, 0.3) is 0 Å². The molecule has 96 valence electrons. The molecule has 1 saturated heterocycles. The zero-order chi connectivity index (χ0) is 12.2. The first-order chi connectivity index (χ1) is 7.42. The largest absolute Gasteiger partial charge is 0.378 e. The molecule has 0 saturated carbocycles. The van der Waals surface area contributed by atoms with Gasteiger partial charge in [0.15, 0.2) is 0 Å². The van der Waals surface area contributed by atoms with Crippen LogP contribution in [0.3, 0.4) is 0 Å². The van der Waals surface area contributed by atoms with E-state index in [-0.39, 0.29) is 11.6 Å². The summed E-state index contributed by atoms with van der Waals surface area (Å²) in [5.74, 6) is 0.539. The number of hydrogen-bond donors (Lipinski definition) is 1. The van der Waals surface area contributed by atoms with Crippen molar-refractivity contribution < 1.29 is 9.47 Å². The lowest BCUT2D eigenvalue weighted by Gasteiger charge is -2.33. The van der Waals surface area contributed by atoms with Crippen LogP contribution in [-0.4, -0.2) is 25.5 Å². The zero-order valence-electron chi connectivity index (χ0n) is 11.2. The first-order valence-electron chi connectivity index (χ1n) is 6.40. The van der Waals surface area contributed by atoms with Crippen LogP contribution in [0.4, 0.5) is 0 Å². The summed E-state index contributed by atoms with van der Waals surface area (Å²) < 4.78 is 11.4. The van der Waals surface area contributed by atoms with Crippen LogP contribution in [0.1, 0.15) is 47.0 Å². The first kappa shape index (κ1) is 13.9. The van der Waals surface area contributed by atoms with E-state index < -0.39 is 0 Å². The number of nitrogens with two attached hydrogens (primary N) is 1. The molecule has 0 radical (unpaired) electrons. The lowest BCUT2D eigenvalue weighted by atomic mass is 9.81. The monoisotopic (exact) mass is 229 g/mol. The predicted octanol–water partition coefficient (Wildman–Crippen LogP) is 2.54. The van der Waals surface area contributed by atoms with Gasteiger partial charge in [0.05, 0.1) is 12.7 Å². The summed E-state index contributed by atoms with van der Waals surface area (Å²) in [6.45, 7) is 10.4. The molecule has 0 aromatic carbocycles. The lowest BCUT2D eigenvalue weighted by molar-refractivity contribution is -0.0368. The molecule has 3 nitrogen and oxygen atoms in total. The Kier molecular flexibility index (Phi) is 5.22. The topological polar surface area (TPSA) is 44.5 Å². The fourth-order valence-corrected chi connectivity index (χ4v) is 2.22. The predicted molar refractivity (Wildman–Crippen MR) is 66.1 cm³/mol. The first-order valence-corrected chi connectivity index (χ1v) is 6.40. The van der Waals surface area contributed by atoms with Crippen LogP contribution in [0.2, 0.25) is 0 Å². The van der Waals surface area contributed by atoms with E-state index in [0.717, 1.165) is 26.1 Å². The van der Waals surface area contributed by atoms with Gasteiger partial charge < -0.3 is 15.2 Å². The molecule has 2 unspecified atom stereocenters. The van der Waals surface area contributed by atoms with Gasteiger partial charge in [-0.05, 0) is 30.6 Å². The van der Waals surface area contributed by atoms with Crippen LogP contribution in [0, 0.1) is 11.3 Å². The Balaban J connectivity index is 2.32. The molecule has 1 aliphatic rings. The van der Waals surface area contributed by atoms with Gasteiger partial charge in [-0.15, -0.1) is 0 Å². The van der Waals surface area contributed by atoms with Gasteiger partial charge in [-0.2, -0.15) is 0 Å². The molecule has 0 spiro atoms. The molecule has 0 bridgehead atoms. The SMILES string of the molecule is CC(C)COC(N)CC(C)(C)C1CCCO1. The fourth-order valence-electron chi connectivity index (χ4n) is 2.22. The molecule has 0 aliphatic carbocycles. The summed E-state index contributed by atoms with van der Waals surface area (Å²) in [5.41, 5.74) is 6.12. The summed E-state index contributed by atoms with van der Waals surface area (Å²) in [4.78, 5) is 0. The van der Waals surface area contributed by atoms with E-state index in [9.17, 15) is 0 Å². The van der Waals surface area contributed by atoms with Crippen molar-refractivity contribution in [1.82, 2.24) is 0 Å². The zero-order valence-corrected chi connectivity index (χ0v) is 11.2. The molecule has 3 heteroatoms. The van der Waals surface area contributed by atoms with Crippen LogP contribution in [-0.2, 0) is 9.47 Å². The molecule has 2 atom stereocenters. The standard InChI is InChI=1S/C13H27NO2/c1-10(2)9-16-12(14)8-13(3,4)11-6-5-7-15-11/h10-12H,5-9,14H2,1-4H3. The van der Waals surface area contributed by atoms with Gasteiger partial charge in [0, 0.05) is 6.61 Å². The lowest BCUT2D eigenvalue weighted by Crippen LogP contribution is -2.37. The Morgan fingerprint density at radius 2 is 2.12 bits per heavy atom. The maximum absolute atomic E-state index is 6.00. The summed E-state index contributed by atoms with van der Waals surface area (Å²) in [6.07, 6.45) is 3.38. The van der Waals surface area contributed by atoms with Crippen LogP contribution in [0.15, 0.2) is 0 Å². The molecule has 1 fully saturated rings. The van der Waals surface area contributed by atoms with Crippen molar-refractivity contribution in [2.75, 3.05) is 13.2 Å². The Morgan fingerprint density at radius 3 is 2.62 bits per heavy atom. The number of hydrogen-bond acceptors (Lipinski definition) is 3. The number of ether oxygens (including phenoxy) is 2. The van der Waals surface area contributed by atoms with E-state index in [0.29, 0.717) is 12.0 Å². The fraction of sp³-hybridized carbons (Fsp3) is 1.00. The van der Waals surface area contributed by atoms with Crippen molar-refractivity contribution in [2.45, 2.75) is 59.3 Å². The van der Waals surface area contributed by atoms with E-state index >= 15 is 0 Å². The maximum Gasteiger partial charge on any atom is 0.106 e. The third-order valence-corrected chi connectivity index (χ3v) is 3.17. The van der Waals surface area contributed by atoms with Crippen LogP contribution < -0.4 is 5.73 Å². The van der Waals surface area contributed by atoms with Crippen LogP contribution in [0.25, 0.3) is 0 Å². The molecule has 0 amide bonds. The molecule has 1 heterocycles. The van der Waals surface area contributed by atoms with Gasteiger partial charge in [-0.1, -0.05) is 27.7 Å². The van der Waals surface area contributed by atoms with Crippen molar-refractivity contribution in [3.05, 3.63) is 0 Å². The Bertz CT molecular complexity index is 198. The second-order valence-corrected chi connectivity index (χ2v) is 5.96. The normalized spacial score (nSPS) is 24.0. The minimum absolute atomic E-state index is 0.118. The highest BCUT2D eigenvalue weighted by Gasteiger charge is 2.34. The molecular weight excluding hydrogens is 202 g/mol. The third kappa shape index (κ3) is 4.40. The van der Waals surface area contributed by atoms with E-state index in [1.807, 2.05) is 0 Å². The highest BCUT2D eigenvalue weighted by atomic mass is 16.5. The quantitative estimate of drug-likeness (QED) is 0.712. The Labute approximate surface area is 99.7 Å². The van der Waals surface area contributed by atoms with Gasteiger partial charge in [-0.25, -0.2) is 0 Å². The van der Waals surface area contributed by atoms with E-state index in [1.54, 1.807) is 0 Å². The maximum atomic E-state index is 6.00. The van der Waals surface area contributed by atoms with Crippen molar-refractivity contribution in [3.8, 4) is 0 Å². The van der Waals surface area contributed by atoms with E-state index in [4.69, 9.17) is 15.2 Å². The summed E-state index contributed by atoms with van der Waals surface area (Å²) in [5, 5.41) is 0. The average molecular weight is 229 g/mol. The van der Waals surface area contributed by atoms with Crippen molar-refractivity contribution in [2.24, 2.45) is 17.1 Å². The average Bonchev–Trinajstić information content (AvgIpc) is 2.67. The van der Waals surface area contributed by atoms with Gasteiger partial charge >= 0.3 is 0 Å². The van der Waals surface area contributed by atoms with Crippen LogP contribution >= 0.6 is 0 Å². The Hall–Kier alpha value is -0.120. The molecule has 0 aromatic heterocycles. The molecular formula is C13H27NO2.